The Hall–Kier alpha value is -1.36. The summed E-state index contributed by atoms with van der Waals surface area (Å²) in [7, 11) is 0. The molecule has 2 aliphatic heterocycles. The van der Waals surface area contributed by atoms with Gasteiger partial charge in [-0.25, -0.2) is 0 Å². The SMILES string of the molecule is CCCCNC[C@H]1[C@H]2C[C@@H]3c4[nH]c5ccccc5c4CCN3C[C@@H]2CC[C@@H]1O. The van der Waals surface area contributed by atoms with Gasteiger partial charge in [-0.2, -0.15) is 0 Å². The van der Waals surface area contributed by atoms with Crippen molar-refractivity contribution in [3.05, 3.63) is 35.5 Å². The second-order valence-electron chi connectivity index (χ2n) is 9.35. The third-order valence-corrected chi connectivity index (χ3v) is 7.80. The van der Waals surface area contributed by atoms with E-state index in [-0.39, 0.29) is 6.10 Å². The van der Waals surface area contributed by atoms with Crippen LogP contribution in [-0.2, 0) is 6.42 Å². The fraction of sp³-hybridized carbons (Fsp3) is 0.667. The van der Waals surface area contributed by atoms with Crippen molar-refractivity contribution in [3.63, 3.8) is 0 Å². The van der Waals surface area contributed by atoms with Crippen LogP contribution in [0.5, 0.6) is 0 Å². The first-order valence-corrected chi connectivity index (χ1v) is 11.5. The first-order valence-electron chi connectivity index (χ1n) is 11.5. The molecule has 2 aromatic rings. The summed E-state index contributed by atoms with van der Waals surface area (Å²) >= 11 is 0. The average Bonchev–Trinajstić information content (AvgIpc) is 3.10. The molecule has 1 aromatic heterocycles. The van der Waals surface area contributed by atoms with Crippen LogP contribution in [0.2, 0.25) is 0 Å². The Morgan fingerprint density at radius 3 is 3.04 bits per heavy atom. The van der Waals surface area contributed by atoms with Crippen LogP contribution in [0.25, 0.3) is 10.9 Å². The van der Waals surface area contributed by atoms with Crippen LogP contribution in [0.4, 0.5) is 0 Å². The largest absolute Gasteiger partial charge is 0.393 e. The number of rotatable bonds is 5. The number of H-pyrrole nitrogens is 1. The van der Waals surface area contributed by atoms with E-state index in [0.717, 1.165) is 31.8 Å². The predicted octanol–water partition coefficient (Wildman–Crippen LogP) is 3.86. The first kappa shape index (κ1) is 18.7. The van der Waals surface area contributed by atoms with Crippen LogP contribution < -0.4 is 5.32 Å². The van der Waals surface area contributed by atoms with Crippen molar-refractivity contribution in [1.82, 2.24) is 15.2 Å². The molecule has 0 radical (unpaired) electrons. The maximum atomic E-state index is 10.8. The van der Waals surface area contributed by atoms with Gasteiger partial charge in [-0.1, -0.05) is 31.5 Å². The highest BCUT2D eigenvalue weighted by Gasteiger charge is 2.46. The molecule has 1 aliphatic carbocycles. The lowest BCUT2D eigenvalue weighted by atomic mass is 9.65. The zero-order valence-corrected chi connectivity index (χ0v) is 17.2. The monoisotopic (exact) mass is 381 g/mol. The van der Waals surface area contributed by atoms with Gasteiger partial charge in [-0.15, -0.1) is 0 Å². The fourth-order valence-corrected chi connectivity index (χ4v) is 6.31. The number of para-hydroxylation sites is 1. The molecule has 5 atom stereocenters. The minimum atomic E-state index is -0.132. The Balaban J connectivity index is 1.39. The standard InChI is InChI=1S/C24H35N3O/c1-2-3-11-25-14-20-19-13-22-24-18(17-6-4-5-7-21(17)26-24)10-12-27(22)15-16(19)8-9-23(20)28/h4-7,16,19-20,22-23,25-26,28H,2-3,8-15H2,1H3/t16-,19-,20-,22+,23-/m0/s1. The number of fused-ring (bicyclic) bond motifs is 6. The number of piperidine rings is 1. The lowest BCUT2D eigenvalue weighted by Gasteiger charge is -2.51. The number of aromatic nitrogens is 1. The number of nitrogens with one attached hydrogen (secondary N) is 2. The second kappa shape index (κ2) is 7.81. The molecular weight excluding hydrogens is 346 g/mol. The van der Waals surface area contributed by atoms with Crippen molar-refractivity contribution in [2.75, 3.05) is 26.2 Å². The average molecular weight is 382 g/mol. The molecule has 1 aromatic carbocycles. The van der Waals surface area contributed by atoms with Gasteiger partial charge in [0.2, 0.25) is 0 Å². The third kappa shape index (κ3) is 3.20. The highest BCUT2D eigenvalue weighted by Crippen LogP contribution is 2.48. The van der Waals surface area contributed by atoms with Crippen LogP contribution in [0.3, 0.4) is 0 Å². The van der Waals surface area contributed by atoms with E-state index in [2.05, 4.69) is 46.4 Å². The Labute approximate surface area is 168 Å². The lowest BCUT2D eigenvalue weighted by molar-refractivity contribution is -0.0549. The van der Waals surface area contributed by atoms with E-state index in [9.17, 15) is 5.11 Å². The van der Waals surface area contributed by atoms with Crippen LogP contribution in [-0.4, -0.2) is 47.3 Å². The summed E-state index contributed by atoms with van der Waals surface area (Å²) in [5.74, 6) is 1.80. The number of nitrogens with zero attached hydrogens (tertiary/aromatic N) is 1. The molecule has 2 fully saturated rings. The van der Waals surface area contributed by atoms with E-state index in [1.165, 1.54) is 55.4 Å². The van der Waals surface area contributed by atoms with Crippen LogP contribution in [0, 0.1) is 17.8 Å². The van der Waals surface area contributed by atoms with E-state index >= 15 is 0 Å². The zero-order valence-electron chi connectivity index (χ0n) is 17.2. The number of aliphatic hydroxyl groups is 1. The van der Waals surface area contributed by atoms with Crippen molar-refractivity contribution in [2.24, 2.45) is 17.8 Å². The van der Waals surface area contributed by atoms with E-state index in [0.29, 0.717) is 17.9 Å². The highest BCUT2D eigenvalue weighted by atomic mass is 16.3. The number of hydrogen-bond acceptors (Lipinski definition) is 3. The van der Waals surface area contributed by atoms with Gasteiger partial charge in [0.1, 0.15) is 0 Å². The summed E-state index contributed by atoms with van der Waals surface area (Å²) in [6, 6.07) is 9.29. The topological polar surface area (TPSA) is 51.3 Å². The van der Waals surface area contributed by atoms with Crippen LogP contribution >= 0.6 is 0 Å². The Bertz CT molecular complexity index is 815. The Morgan fingerprint density at radius 2 is 2.14 bits per heavy atom. The van der Waals surface area contributed by atoms with Gasteiger partial charge in [-0.05, 0) is 62.1 Å². The molecule has 4 heteroatoms. The summed E-state index contributed by atoms with van der Waals surface area (Å²) < 4.78 is 0. The molecule has 0 bridgehead atoms. The molecule has 3 aliphatic rings. The summed E-state index contributed by atoms with van der Waals surface area (Å²) in [5, 5.41) is 15.9. The van der Waals surface area contributed by atoms with Crippen molar-refractivity contribution >= 4 is 10.9 Å². The number of benzene rings is 1. The fourth-order valence-electron chi connectivity index (χ4n) is 6.31. The predicted molar refractivity (Wildman–Crippen MR) is 114 cm³/mol. The Morgan fingerprint density at radius 1 is 1.25 bits per heavy atom. The molecule has 1 saturated carbocycles. The van der Waals surface area contributed by atoms with Gasteiger partial charge in [0.05, 0.1) is 12.1 Å². The minimum absolute atomic E-state index is 0.132. The van der Waals surface area contributed by atoms with E-state index < -0.39 is 0 Å². The lowest BCUT2D eigenvalue weighted by Crippen LogP contribution is -2.53. The maximum Gasteiger partial charge on any atom is 0.0583 e. The minimum Gasteiger partial charge on any atom is -0.393 e. The van der Waals surface area contributed by atoms with Gasteiger partial charge in [0, 0.05) is 42.1 Å². The second-order valence-corrected chi connectivity index (χ2v) is 9.35. The first-order chi connectivity index (χ1) is 13.8. The summed E-state index contributed by atoms with van der Waals surface area (Å²) in [5.41, 5.74) is 4.30. The molecule has 3 N–H and O–H groups in total. The molecule has 4 nitrogen and oxygen atoms in total. The number of unbranched alkanes of at least 4 members (excludes halogenated alkanes) is 1. The molecule has 1 saturated heterocycles. The van der Waals surface area contributed by atoms with E-state index in [4.69, 9.17) is 0 Å². The van der Waals surface area contributed by atoms with Crippen molar-refractivity contribution in [1.29, 1.82) is 0 Å². The molecule has 0 amide bonds. The van der Waals surface area contributed by atoms with Crippen molar-refractivity contribution < 1.29 is 5.11 Å². The maximum absolute atomic E-state index is 10.8. The van der Waals surface area contributed by atoms with Gasteiger partial charge >= 0.3 is 0 Å². The van der Waals surface area contributed by atoms with E-state index in [1.807, 2.05) is 0 Å². The van der Waals surface area contributed by atoms with Gasteiger partial charge in [0.15, 0.2) is 0 Å². The molecule has 152 valence electrons. The molecule has 3 heterocycles. The zero-order chi connectivity index (χ0) is 19.1. The smallest absolute Gasteiger partial charge is 0.0583 e. The Kier molecular flexibility index (Phi) is 5.20. The molecule has 28 heavy (non-hydrogen) atoms. The molecular formula is C24H35N3O. The van der Waals surface area contributed by atoms with Crippen LogP contribution in [0.1, 0.15) is 56.3 Å². The number of aliphatic hydroxyl groups excluding tert-OH is 1. The normalized spacial score (nSPS) is 32.7. The summed E-state index contributed by atoms with van der Waals surface area (Å²) in [6.07, 6.45) is 6.86. The van der Waals surface area contributed by atoms with Crippen molar-refractivity contribution in [2.45, 2.75) is 57.6 Å². The van der Waals surface area contributed by atoms with E-state index in [1.54, 1.807) is 5.56 Å². The quantitative estimate of drug-likeness (QED) is 0.689. The number of hydrogen-bond donors (Lipinski definition) is 3. The van der Waals surface area contributed by atoms with Crippen molar-refractivity contribution in [3.8, 4) is 0 Å². The van der Waals surface area contributed by atoms with Gasteiger partial charge in [-0.3, -0.25) is 4.90 Å². The molecule has 0 spiro atoms. The third-order valence-electron chi connectivity index (χ3n) is 7.80. The van der Waals surface area contributed by atoms with Gasteiger partial charge < -0.3 is 15.4 Å². The van der Waals surface area contributed by atoms with Crippen LogP contribution in [0.15, 0.2) is 24.3 Å². The summed E-state index contributed by atoms with van der Waals surface area (Å²) in [4.78, 5) is 6.51. The molecule has 0 unspecified atom stereocenters. The molecule has 5 rings (SSSR count). The highest BCUT2D eigenvalue weighted by molar-refractivity contribution is 5.85. The summed E-state index contributed by atoms with van der Waals surface area (Å²) in [6.45, 7) is 6.70. The number of aromatic amines is 1. The van der Waals surface area contributed by atoms with Gasteiger partial charge in [0.25, 0.3) is 0 Å².